The first kappa shape index (κ1) is 12.4. The summed E-state index contributed by atoms with van der Waals surface area (Å²) >= 11 is 0. The maximum absolute atomic E-state index is 11.9. The summed E-state index contributed by atoms with van der Waals surface area (Å²) in [7, 11) is 1.54. The molecule has 0 spiro atoms. The summed E-state index contributed by atoms with van der Waals surface area (Å²) in [4.78, 5) is 22.9. The minimum Gasteiger partial charge on any atom is -0.497 e. The van der Waals surface area contributed by atoms with Crippen LogP contribution in [0.2, 0.25) is 0 Å². The van der Waals surface area contributed by atoms with Crippen LogP contribution in [0.25, 0.3) is 0 Å². The molecule has 1 atom stereocenters. The van der Waals surface area contributed by atoms with Crippen LogP contribution in [0.15, 0.2) is 24.3 Å². The number of methoxy groups -OCH3 is 1. The lowest BCUT2D eigenvalue weighted by Gasteiger charge is -2.13. The Morgan fingerprint density at radius 2 is 1.94 bits per heavy atom. The molecule has 2 N–H and O–H groups in total. The molecular weight excluding hydrogens is 234 g/mol. The number of aliphatic carboxylic acids is 1. The molecular formula is C13H15NO4. The Morgan fingerprint density at radius 1 is 1.33 bits per heavy atom. The van der Waals surface area contributed by atoms with Crippen LogP contribution in [0.4, 0.5) is 0 Å². The van der Waals surface area contributed by atoms with Crippen LogP contribution < -0.4 is 10.1 Å². The number of carbonyl (C=O) groups excluding carboxylic acids is 1. The Balaban J connectivity index is 2.03. The Kier molecular flexibility index (Phi) is 3.50. The summed E-state index contributed by atoms with van der Waals surface area (Å²) in [5.74, 6) is -0.607. The number of rotatable bonds is 5. The predicted molar refractivity (Wildman–Crippen MR) is 64.6 cm³/mol. The molecule has 0 saturated heterocycles. The summed E-state index contributed by atoms with van der Waals surface area (Å²) < 4.78 is 4.99. The van der Waals surface area contributed by atoms with Crippen LogP contribution in [0.3, 0.4) is 0 Å². The van der Waals surface area contributed by atoms with Gasteiger partial charge in [-0.1, -0.05) is 0 Å². The number of nitrogens with one attached hydrogen (secondary N) is 1. The minimum absolute atomic E-state index is 0.0738. The molecule has 1 aromatic rings. The fourth-order valence-electron chi connectivity index (χ4n) is 1.78. The molecule has 1 amide bonds. The summed E-state index contributed by atoms with van der Waals surface area (Å²) in [6.45, 7) is 0. The maximum Gasteiger partial charge on any atom is 0.326 e. The highest BCUT2D eigenvalue weighted by atomic mass is 16.5. The minimum atomic E-state index is -0.973. The van der Waals surface area contributed by atoms with Crippen molar-refractivity contribution in [1.29, 1.82) is 0 Å². The Morgan fingerprint density at radius 3 is 2.39 bits per heavy atom. The second-order valence-electron chi connectivity index (χ2n) is 4.36. The molecule has 96 valence electrons. The van der Waals surface area contributed by atoms with Crippen molar-refractivity contribution in [3.8, 4) is 5.75 Å². The Labute approximate surface area is 105 Å². The zero-order valence-electron chi connectivity index (χ0n) is 10.1. The van der Waals surface area contributed by atoms with E-state index in [1.165, 1.54) is 0 Å². The van der Waals surface area contributed by atoms with Crippen LogP contribution in [0.1, 0.15) is 23.2 Å². The van der Waals surface area contributed by atoms with Crippen molar-refractivity contribution in [3.63, 3.8) is 0 Å². The first-order valence-corrected chi connectivity index (χ1v) is 5.79. The third-order valence-electron chi connectivity index (χ3n) is 3.00. The third-order valence-corrected chi connectivity index (χ3v) is 3.00. The zero-order chi connectivity index (χ0) is 13.1. The lowest BCUT2D eigenvalue weighted by molar-refractivity contribution is -0.139. The van der Waals surface area contributed by atoms with Crippen molar-refractivity contribution < 1.29 is 19.4 Å². The monoisotopic (exact) mass is 249 g/mol. The molecule has 1 fully saturated rings. The molecule has 1 aliphatic carbocycles. The van der Waals surface area contributed by atoms with Crippen molar-refractivity contribution in [2.45, 2.75) is 18.9 Å². The molecule has 1 unspecified atom stereocenters. The molecule has 5 heteroatoms. The van der Waals surface area contributed by atoms with E-state index >= 15 is 0 Å². The molecule has 1 aliphatic rings. The quantitative estimate of drug-likeness (QED) is 0.824. The lowest BCUT2D eigenvalue weighted by atomic mass is 10.1. The van der Waals surface area contributed by atoms with Gasteiger partial charge in [-0.2, -0.15) is 0 Å². The first-order valence-electron chi connectivity index (χ1n) is 5.79. The molecule has 0 heterocycles. The topological polar surface area (TPSA) is 75.6 Å². The van der Waals surface area contributed by atoms with E-state index in [9.17, 15) is 9.59 Å². The molecule has 18 heavy (non-hydrogen) atoms. The van der Waals surface area contributed by atoms with Crippen LogP contribution in [-0.2, 0) is 4.79 Å². The first-order chi connectivity index (χ1) is 8.61. The summed E-state index contributed by atoms with van der Waals surface area (Å²) in [6.07, 6.45) is 1.72. The van der Waals surface area contributed by atoms with Crippen molar-refractivity contribution in [2.75, 3.05) is 7.11 Å². The number of carboxylic acid groups (broad SMARTS) is 1. The second-order valence-corrected chi connectivity index (χ2v) is 4.36. The van der Waals surface area contributed by atoms with Gasteiger partial charge in [0.15, 0.2) is 0 Å². The van der Waals surface area contributed by atoms with Crippen LogP contribution in [0.5, 0.6) is 5.75 Å². The summed E-state index contributed by atoms with van der Waals surface area (Å²) in [6, 6.07) is 5.78. The maximum atomic E-state index is 11.9. The molecule has 0 aliphatic heterocycles. The third kappa shape index (κ3) is 2.80. The van der Waals surface area contributed by atoms with E-state index in [-0.39, 0.29) is 11.8 Å². The van der Waals surface area contributed by atoms with Crippen LogP contribution in [-0.4, -0.2) is 30.1 Å². The van der Waals surface area contributed by atoms with E-state index in [0.717, 1.165) is 12.8 Å². The van der Waals surface area contributed by atoms with Gasteiger partial charge in [-0.05, 0) is 43.0 Å². The smallest absolute Gasteiger partial charge is 0.326 e. The van der Waals surface area contributed by atoms with Gasteiger partial charge in [-0.15, -0.1) is 0 Å². The standard InChI is InChI=1S/C13H15NO4/c1-18-10-6-4-9(5-7-10)12(15)14-11(13(16)17)8-2-3-8/h4-8,11H,2-3H2,1H3,(H,14,15)(H,16,17). The fourth-order valence-corrected chi connectivity index (χ4v) is 1.78. The fraction of sp³-hybridized carbons (Fsp3) is 0.385. The highest BCUT2D eigenvalue weighted by Gasteiger charge is 2.37. The van der Waals surface area contributed by atoms with Gasteiger partial charge >= 0.3 is 5.97 Å². The number of hydrogen-bond donors (Lipinski definition) is 2. The van der Waals surface area contributed by atoms with Gasteiger partial charge in [-0.3, -0.25) is 4.79 Å². The van der Waals surface area contributed by atoms with Gasteiger partial charge in [0.1, 0.15) is 11.8 Å². The Hall–Kier alpha value is -2.04. The average Bonchev–Trinajstić information content (AvgIpc) is 3.19. The average molecular weight is 249 g/mol. The second kappa shape index (κ2) is 5.08. The number of carbonyl (C=O) groups is 2. The van der Waals surface area contributed by atoms with E-state index in [4.69, 9.17) is 9.84 Å². The zero-order valence-corrected chi connectivity index (χ0v) is 10.1. The number of ether oxygens (including phenoxy) is 1. The number of benzene rings is 1. The van der Waals surface area contributed by atoms with E-state index in [0.29, 0.717) is 11.3 Å². The van der Waals surface area contributed by atoms with E-state index in [1.807, 2.05) is 0 Å². The summed E-state index contributed by atoms with van der Waals surface area (Å²) in [5.41, 5.74) is 0.433. The van der Waals surface area contributed by atoms with Gasteiger partial charge in [-0.25, -0.2) is 4.79 Å². The van der Waals surface area contributed by atoms with Gasteiger partial charge in [0, 0.05) is 5.56 Å². The molecule has 5 nitrogen and oxygen atoms in total. The molecule has 0 bridgehead atoms. The van der Waals surface area contributed by atoms with Crippen LogP contribution in [0, 0.1) is 5.92 Å². The van der Waals surface area contributed by atoms with Crippen molar-refractivity contribution in [1.82, 2.24) is 5.32 Å². The normalized spacial score (nSPS) is 15.8. The highest BCUT2D eigenvalue weighted by Crippen LogP contribution is 2.32. The lowest BCUT2D eigenvalue weighted by Crippen LogP contribution is -2.42. The number of carboxylic acids is 1. The largest absolute Gasteiger partial charge is 0.497 e. The molecule has 1 aromatic carbocycles. The van der Waals surface area contributed by atoms with Gasteiger partial charge in [0.05, 0.1) is 7.11 Å². The van der Waals surface area contributed by atoms with Gasteiger partial charge < -0.3 is 15.2 Å². The van der Waals surface area contributed by atoms with Gasteiger partial charge in [0.25, 0.3) is 5.91 Å². The predicted octanol–water partition coefficient (Wildman–Crippen LogP) is 1.29. The number of amides is 1. The summed E-state index contributed by atoms with van der Waals surface area (Å²) in [5, 5.41) is 11.6. The SMILES string of the molecule is COc1ccc(C(=O)NC(C(=O)O)C2CC2)cc1. The number of hydrogen-bond acceptors (Lipinski definition) is 3. The Bertz CT molecular complexity index is 451. The molecule has 1 saturated carbocycles. The van der Waals surface area contributed by atoms with E-state index < -0.39 is 12.0 Å². The van der Waals surface area contributed by atoms with Crippen LogP contribution >= 0.6 is 0 Å². The molecule has 0 radical (unpaired) electrons. The van der Waals surface area contributed by atoms with E-state index in [1.54, 1.807) is 31.4 Å². The highest BCUT2D eigenvalue weighted by molar-refractivity contribution is 5.96. The van der Waals surface area contributed by atoms with Crippen molar-refractivity contribution >= 4 is 11.9 Å². The van der Waals surface area contributed by atoms with Gasteiger partial charge in [0.2, 0.25) is 0 Å². The molecule has 2 rings (SSSR count). The van der Waals surface area contributed by atoms with Crippen molar-refractivity contribution in [2.24, 2.45) is 5.92 Å². The van der Waals surface area contributed by atoms with Crippen molar-refractivity contribution in [3.05, 3.63) is 29.8 Å². The molecule has 0 aromatic heterocycles. The van der Waals surface area contributed by atoms with E-state index in [2.05, 4.69) is 5.32 Å².